The minimum atomic E-state index is -1.63. The van der Waals surface area contributed by atoms with E-state index in [0.717, 1.165) is 0 Å². The average molecular weight is 269 g/mol. The first kappa shape index (κ1) is 15.5. The molecule has 1 atom stereocenters. The highest BCUT2D eigenvalue weighted by Crippen LogP contribution is 2.36. The van der Waals surface area contributed by atoms with E-state index in [1.807, 2.05) is 6.08 Å². The summed E-state index contributed by atoms with van der Waals surface area (Å²) in [7, 11) is -1.63. The van der Waals surface area contributed by atoms with Crippen molar-refractivity contribution in [3.8, 4) is 0 Å². The lowest BCUT2D eigenvalue weighted by molar-refractivity contribution is 0.259. The van der Waals surface area contributed by atoms with Gasteiger partial charge in [-0.2, -0.15) is 0 Å². The Kier molecular flexibility index (Phi) is 5.90. The summed E-state index contributed by atoms with van der Waals surface area (Å²) in [5, 5.41) is 0.251. The van der Waals surface area contributed by atoms with Crippen LogP contribution in [0, 0.1) is 5.92 Å². The highest BCUT2D eigenvalue weighted by atomic mass is 35.5. The molecule has 15 heavy (non-hydrogen) atoms. The SMILES string of the molecule is CC(C=C(Cl)Cl)CO[Si](C)(C)C(C)(C)C. The van der Waals surface area contributed by atoms with Crippen LogP contribution in [0.1, 0.15) is 27.7 Å². The van der Waals surface area contributed by atoms with Crippen molar-refractivity contribution in [2.45, 2.75) is 45.8 Å². The van der Waals surface area contributed by atoms with Gasteiger partial charge in [0.25, 0.3) is 0 Å². The Morgan fingerprint density at radius 3 is 2.13 bits per heavy atom. The van der Waals surface area contributed by atoms with E-state index >= 15 is 0 Å². The summed E-state index contributed by atoms with van der Waals surface area (Å²) in [6.45, 7) is 13.9. The van der Waals surface area contributed by atoms with Gasteiger partial charge in [0.1, 0.15) is 4.49 Å². The first-order valence-corrected chi connectivity index (χ1v) is 8.89. The second-order valence-corrected chi connectivity index (χ2v) is 11.3. The van der Waals surface area contributed by atoms with Crippen molar-refractivity contribution in [2.24, 2.45) is 5.92 Å². The second-order valence-electron chi connectivity index (χ2n) is 5.50. The summed E-state index contributed by atoms with van der Waals surface area (Å²) in [4.78, 5) is 0. The van der Waals surface area contributed by atoms with Crippen molar-refractivity contribution in [2.75, 3.05) is 6.61 Å². The third-order valence-corrected chi connectivity index (χ3v) is 7.68. The number of halogens is 2. The molecule has 90 valence electrons. The van der Waals surface area contributed by atoms with Gasteiger partial charge in [0.15, 0.2) is 8.32 Å². The van der Waals surface area contributed by atoms with E-state index < -0.39 is 8.32 Å². The maximum atomic E-state index is 6.03. The molecule has 0 radical (unpaired) electrons. The van der Waals surface area contributed by atoms with Gasteiger partial charge in [-0.05, 0) is 30.1 Å². The molecular formula is C11H22Cl2OSi. The van der Waals surface area contributed by atoms with Crippen LogP contribution in [0.5, 0.6) is 0 Å². The molecule has 1 nitrogen and oxygen atoms in total. The molecule has 0 amide bonds. The molecule has 0 aromatic heterocycles. The Morgan fingerprint density at radius 1 is 1.33 bits per heavy atom. The molecule has 0 fully saturated rings. The molecule has 0 aliphatic rings. The lowest BCUT2D eigenvalue weighted by Gasteiger charge is -2.36. The third kappa shape index (κ3) is 5.96. The summed E-state index contributed by atoms with van der Waals surface area (Å²) in [5.74, 6) is 0.268. The molecule has 0 aromatic carbocycles. The van der Waals surface area contributed by atoms with Crippen LogP contribution >= 0.6 is 23.2 Å². The van der Waals surface area contributed by atoms with Crippen LogP contribution in [0.4, 0.5) is 0 Å². The fraction of sp³-hybridized carbons (Fsp3) is 0.818. The van der Waals surface area contributed by atoms with E-state index in [1.165, 1.54) is 0 Å². The average Bonchev–Trinajstić information content (AvgIpc) is 1.97. The predicted octanol–water partition coefficient (Wildman–Crippen LogP) is 4.96. The van der Waals surface area contributed by atoms with Gasteiger partial charge in [-0.15, -0.1) is 0 Å². The molecule has 4 heteroatoms. The maximum absolute atomic E-state index is 6.03. The van der Waals surface area contributed by atoms with Gasteiger partial charge in [0.05, 0.1) is 0 Å². The van der Waals surface area contributed by atoms with Crippen molar-refractivity contribution in [1.82, 2.24) is 0 Å². The van der Waals surface area contributed by atoms with Gasteiger partial charge in [0.2, 0.25) is 0 Å². The third-order valence-electron chi connectivity index (χ3n) is 2.92. The largest absolute Gasteiger partial charge is 0.416 e. The number of rotatable bonds is 4. The highest BCUT2D eigenvalue weighted by molar-refractivity contribution is 6.74. The van der Waals surface area contributed by atoms with Crippen LogP contribution in [0.2, 0.25) is 18.1 Å². The lowest BCUT2D eigenvalue weighted by atomic mass is 10.2. The predicted molar refractivity (Wildman–Crippen MR) is 72.1 cm³/mol. The van der Waals surface area contributed by atoms with Crippen molar-refractivity contribution in [1.29, 1.82) is 0 Å². The van der Waals surface area contributed by atoms with E-state index in [-0.39, 0.29) is 11.0 Å². The summed E-state index contributed by atoms with van der Waals surface area (Å²) >= 11 is 11.2. The monoisotopic (exact) mass is 268 g/mol. The Labute approximate surface area is 105 Å². The normalized spacial score (nSPS) is 14.9. The van der Waals surface area contributed by atoms with Gasteiger partial charge < -0.3 is 4.43 Å². The van der Waals surface area contributed by atoms with Crippen molar-refractivity contribution in [3.05, 3.63) is 10.6 Å². The van der Waals surface area contributed by atoms with Crippen molar-refractivity contribution in [3.63, 3.8) is 0 Å². The molecule has 0 aliphatic heterocycles. The molecule has 0 spiro atoms. The van der Waals surface area contributed by atoms with Gasteiger partial charge in [0, 0.05) is 6.61 Å². The zero-order valence-electron chi connectivity index (χ0n) is 10.5. The molecule has 0 saturated heterocycles. The van der Waals surface area contributed by atoms with E-state index in [9.17, 15) is 0 Å². The molecule has 0 bridgehead atoms. The number of hydrogen-bond donors (Lipinski definition) is 0. The summed E-state index contributed by atoms with van der Waals surface area (Å²) < 4.78 is 6.35. The Morgan fingerprint density at radius 2 is 1.80 bits per heavy atom. The Balaban J connectivity index is 4.22. The standard InChI is InChI=1S/C11H22Cl2OSi/c1-9(7-10(12)13)8-14-15(5,6)11(2,3)4/h7,9H,8H2,1-6H3. The van der Waals surface area contributed by atoms with Crippen molar-refractivity contribution >= 4 is 31.5 Å². The van der Waals surface area contributed by atoms with Gasteiger partial charge in [-0.3, -0.25) is 0 Å². The summed E-state index contributed by atoms with van der Waals surface area (Å²) in [6.07, 6.45) is 1.82. The molecule has 1 unspecified atom stereocenters. The first-order valence-electron chi connectivity index (χ1n) is 5.23. The fourth-order valence-electron chi connectivity index (χ4n) is 0.819. The van der Waals surface area contributed by atoms with Crippen LogP contribution in [0.25, 0.3) is 0 Å². The molecule has 0 rings (SSSR count). The van der Waals surface area contributed by atoms with E-state index in [1.54, 1.807) is 0 Å². The molecule has 0 aromatic rings. The van der Waals surface area contributed by atoms with Crippen LogP contribution in [-0.4, -0.2) is 14.9 Å². The minimum absolute atomic E-state index is 0.251. The van der Waals surface area contributed by atoms with Crippen LogP contribution in [-0.2, 0) is 4.43 Å². The van der Waals surface area contributed by atoms with Crippen LogP contribution in [0.3, 0.4) is 0 Å². The Bertz CT molecular complexity index is 227. The van der Waals surface area contributed by atoms with E-state index in [0.29, 0.717) is 11.1 Å². The zero-order valence-corrected chi connectivity index (χ0v) is 13.0. The van der Waals surface area contributed by atoms with Gasteiger partial charge in [-0.25, -0.2) is 0 Å². The molecule has 0 heterocycles. The minimum Gasteiger partial charge on any atom is -0.416 e. The Hall–Kier alpha value is 0.497. The fourth-order valence-corrected chi connectivity index (χ4v) is 2.36. The second kappa shape index (κ2) is 5.71. The molecule has 0 N–H and O–H groups in total. The van der Waals surface area contributed by atoms with Gasteiger partial charge >= 0.3 is 0 Å². The molecule has 0 saturated carbocycles. The molecular weight excluding hydrogens is 247 g/mol. The summed E-state index contributed by atoms with van der Waals surface area (Å²) in [6, 6.07) is 0. The highest BCUT2D eigenvalue weighted by Gasteiger charge is 2.37. The zero-order chi connectivity index (χ0) is 12.3. The smallest absolute Gasteiger partial charge is 0.192 e. The van der Waals surface area contributed by atoms with Crippen molar-refractivity contribution < 1.29 is 4.43 Å². The quantitative estimate of drug-likeness (QED) is 0.655. The van der Waals surface area contributed by atoms with E-state index in [4.69, 9.17) is 27.6 Å². The first-order chi connectivity index (χ1) is 6.56. The maximum Gasteiger partial charge on any atom is 0.192 e. The number of hydrogen-bond acceptors (Lipinski definition) is 1. The van der Waals surface area contributed by atoms with Crippen LogP contribution < -0.4 is 0 Å². The van der Waals surface area contributed by atoms with Gasteiger partial charge in [-0.1, -0.05) is 50.9 Å². The topological polar surface area (TPSA) is 9.23 Å². The molecule has 0 aliphatic carbocycles. The van der Waals surface area contributed by atoms with Crippen LogP contribution in [0.15, 0.2) is 10.6 Å². The lowest BCUT2D eigenvalue weighted by Crippen LogP contribution is -2.41. The summed E-state index contributed by atoms with van der Waals surface area (Å²) in [5.41, 5.74) is 0. The van der Waals surface area contributed by atoms with E-state index in [2.05, 4.69) is 40.8 Å².